The average molecular weight is 312 g/mol. The molecule has 0 heterocycles. The van der Waals surface area contributed by atoms with E-state index in [1.54, 1.807) is 18.2 Å². The fourth-order valence-corrected chi connectivity index (χ4v) is 1.91. The summed E-state index contributed by atoms with van der Waals surface area (Å²) in [6.07, 6.45) is 1.37. The Morgan fingerprint density at radius 1 is 1.17 bits per heavy atom. The van der Waals surface area contributed by atoms with Crippen LogP contribution in [0.5, 0.6) is 5.75 Å². The molecule has 0 aliphatic heterocycles. The number of nitrogens with zero attached hydrogens (tertiary/aromatic N) is 1. The lowest BCUT2D eigenvalue weighted by atomic mass is 10.1. The van der Waals surface area contributed by atoms with Crippen molar-refractivity contribution in [3.63, 3.8) is 0 Å². The number of carboxylic acid groups (broad SMARTS) is 1. The van der Waals surface area contributed by atoms with E-state index in [-0.39, 0.29) is 17.2 Å². The summed E-state index contributed by atoms with van der Waals surface area (Å²) in [7, 11) is 1.40. The molecule has 0 atom stereocenters. The average Bonchev–Trinajstić information content (AvgIpc) is 2.55. The Morgan fingerprint density at radius 2 is 1.87 bits per heavy atom. The molecule has 0 spiro atoms. The summed E-state index contributed by atoms with van der Waals surface area (Å²) in [6, 6.07) is 11.7. The number of carboxylic acids is 1. The number of rotatable bonds is 5. The van der Waals surface area contributed by atoms with Gasteiger partial charge in [-0.1, -0.05) is 17.7 Å². The van der Waals surface area contributed by atoms with Gasteiger partial charge in [0.2, 0.25) is 0 Å². The van der Waals surface area contributed by atoms with Crippen molar-refractivity contribution < 1.29 is 19.4 Å². The molecule has 0 radical (unpaired) electrons. The fourth-order valence-electron chi connectivity index (χ4n) is 1.91. The largest absolute Gasteiger partial charge is 0.496 e. The zero-order chi connectivity index (χ0) is 16.8. The topological polar surface area (TPSA) is 88.0 Å². The van der Waals surface area contributed by atoms with Crippen LogP contribution >= 0.6 is 0 Å². The van der Waals surface area contributed by atoms with Gasteiger partial charge in [-0.2, -0.15) is 5.10 Å². The maximum Gasteiger partial charge on any atom is 0.339 e. The van der Waals surface area contributed by atoms with Crippen LogP contribution in [0.1, 0.15) is 31.8 Å². The first kappa shape index (κ1) is 16.2. The van der Waals surface area contributed by atoms with Crippen LogP contribution in [0.3, 0.4) is 0 Å². The summed E-state index contributed by atoms with van der Waals surface area (Å²) in [5.41, 5.74) is 4.51. The second-order valence-electron chi connectivity index (χ2n) is 4.83. The first-order valence-electron chi connectivity index (χ1n) is 6.82. The lowest BCUT2D eigenvalue weighted by Crippen LogP contribution is -2.17. The van der Waals surface area contributed by atoms with Crippen molar-refractivity contribution in [2.45, 2.75) is 6.92 Å². The third-order valence-electron chi connectivity index (χ3n) is 3.15. The molecule has 0 aliphatic carbocycles. The molecular formula is C17H16N2O4. The van der Waals surface area contributed by atoms with Gasteiger partial charge >= 0.3 is 5.97 Å². The minimum absolute atomic E-state index is 0.0290. The molecule has 1 amide bonds. The third-order valence-corrected chi connectivity index (χ3v) is 3.15. The number of aryl methyl sites for hydroxylation is 1. The monoisotopic (exact) mass is 312 g/mol. The molecule has 0 aliphatic rings. The van der Waals surface area contributed by atoms with Gasteiger partial charge in [-0.3, -0.25) is 4.79 Å². The van der Waals surface area contributed by atoms with Crippen LogP contribution in [0.2, 0.25) is 0 Å². The summed E-state index contributed by atoms with van der Waals surface area (Å²) < 4.78 is 4.98. The summed E-state index contributed by atoms with van der Waals surface area (Å²) >= 11 is 0. The van der Waals surface area contributed by atoms with Gasteiger partial charge in [0.15, 0.2) is 0 Å². The Bertz CT molecular complexity index is 752. The van der Waals surface area contributed by atoms with Crippen LogP contribution in [0.4, 0.5) is 0 Å². The highest BCUT2D eigenvalue weighted by Gasteiger charge is 2.10. The molecule has 0 bridgehead atoms. The van der Waals surface area contributed by atoms with E-state index in [1.807, 2.05) is 19.1 Å². The maximum absolute atomic E-state index is 11.9. The summed E-state index contributed by atoms with van der Waals surface area (Å²) in [4.78, 5) is 23.0. The maximum atomic E-state index is 11.9. The Labute approximate surface area is 133 Å². The van der Waals surface area contributed by atoms with Gasteiger partial charge in [0.25, 0.3) is 5.91 Å². The van der Waals surface area contributed by atoms with E-state index in [9.17, 15) is 9.59 Å². The predicted molar refractivity (Wildman–Crippen MR) is 86.2 cm³/mol. The number of carbonyl (C=O) groups is 2. The van der Waals surface area contributed by atoms with Gasteiger partial charge in [0.1, 0.15) is 11.3 Å². The number of aromatic carboxylic acids is 1. The molecule has 2 rings (SSSR count). The molecule has 0 saturated heterocycles. The highest BCUT2D eigenvalue weighted by atomic mass is 16.5. The summed E-state index contributed by atoms with van der Waals surface area (Å²) in [5, 5.41) is 12.9. The first-order valence-corrected chi connectivity index (χ1v) is 6.82. The minimum Gasteiger partial charge on any atom is -0.496 e. The molecule has 0 aromatic heterocycles. The number of hydrogen-bond donors (Lipinski definition) is 2. The highest BCUT2D eigenvalue weighted by molar-refractivity contribution is 5.96. The van der Waals surface area contributed by atoms with Crippen LogP contribution in [-0.2, 0) is 0 Å². The second-order valence-corrected chi connectivity index (χ2v) is 4.83. The van der Waals surface area contributed by atoms with Crippen LogP contribution in [0.15, 0.2) is 47.6 Å². The van der Waals surface area contributed by atoms with E-state index < -0.39 is 5.97 Å². The molecule has 0 fully saturated rings. The van der Waals surface area contributed by atoms with E-state index in [2.05, 4.69) is 10.5 Å². The van der Waals surface area contributed by atoms with Gasteiger partial charge in [0, 0.05) is 5.56 Å². The predicted octanol–water partition coefficient (Wildman–Crippen LogP) is 2.47. The Hall–Kier alpha value is -3.15. The zero-order valence-corrected chi connectivity index (χ0v) is 12.7. The molecular weight excluding hydrogens is 296 g/mol. The molecule has 0 unspecified atom stereocenters. The number of ether oxygens (including phenoxy) is 1. The van der Waals surface area contributed by atoms with Gasteiger partial charge in [-0.25, -0.2) is 10.2 Å². The van der Waals surface area contributed by atoms with Gasteiger partial charge in [-0.05, 0) is 42.8 Å². The molecule has 2 aromatic carbocycles. The van der Waals surface area contributed by atoms with Crippen LogP contribution in [-0.4, -0.2) is 30.3 Å². The second kappa shape index (κ2) is 7.22. The number of nitrogens with one attached hydrogen (secondary N) is 1. The van der Waals surface area contributed by atoms with E-state index in [0.717, 1.165) is 5.56 Å². The van der Waals surface area contributed by atoms with Crippen molar-refractivity contribution in [3.8, 4) is 5.75 Å². The SMILES string of the molecule is COc1ccc(/C=N\NC(=O)c2ccc(C)cc2)cc1C(=O)O. The molecule has 118 valence electrons. The Balaban J connectivity index is 2.08. The number of hydrogen-bond acceptors (Lipinski definition) is 4. The smallest absolute Gasteiger partial charge is 0.339 e. The molecule has 2 aromatic rings. The van der Waals surface area contributed by atoms with Crippen molar-refractivity contribution in [3.05, 3.63) is 64.7 Å². The van der Waals surface area contributed by atoms with Crippen molar-refractivity contribution in [1.29, 1.82) is 0 Å². The summed E-state index contributed by atoms with van der Waals surface area (Å²) in [5.74, 6) is -1.17. The third kappa shape index (κ3) is 4.16. The zero-order valence-electron chi connectivity index (χ0n) is 12.7. The number of carbonyl (C=O) groups excluding carboxylic acids is 1. The number of hydrazone groups is 1. The molecule has 23 heavy (non-hydrogen) atoms. The van der Waals surface area contributed by atoms with Crippen LogP contribution < -0.4 is 10.2 Å². The van der Waals surface area contributed by atoms with E-state index in [4.69, 9.17) is 9.84 Å². The summed E-state index contributed by atoms with van der Waals surface area (Å²) in [6.45, 7) is 1.93. The van der Waals surface area contributed by atoms with Gasteiger partial charge in [0.05, 0.1) is 13.3 Å². The van der Waals surface area contributed by atoms with Gasteiger partial charge < -0.3 is 9.84 Å². The Kier molecular flexibility index (Phi) is 5.09. The highest BCUT2D eigenvalue weighted by Crippen LogP contribution is 2.19. The van der Waals surface area contributed by atoms with Crippen molar-refractivity contribution >= 4 is 18.1 Å². The lowest BCUT2D eigenvalue weighted by molar-refractivity contribution is 0.0693. The lowest BCUT2D eigenvalue weighted by Gasteiger charge is -2.05. The number of amides is 1. The van der Waals surface area contributed by atoms with Crippen LogP contribution in [0.25, 0.3) is 0 Å². The van der Waals surface area contributed by atoms with Gasteiger partial charge in [-0.15, -0.1) is 0 Å². The van der Waals surface area contributed by atoms with E-state index in [0.29, 0.717) is 11.1 Å². The van der Waals surface area contributed by atoms with E-state index in [1.165, 1.54) is 25.5 Å². The normalized spacial score (nSPS) is 10.5. The number of methoxy groups -OCH3 is 1. The van der Waals surface area contributed by atoms with E-state index >= 15 is 0 Å². The van der Waals surface area contributed by atoms with Crippen molar-refractivity contribution in [2.24, 2.45) is 5.10 Å². The number of benzene rings is 2. The molecule has 0 saturated carbocycles. The fraction of sp³-hybridized carbons (Fsp3) is 0.118. The van der Waals surface area contributed by atoms with Crippen molar-refractivity contribution in [2.75, 3.05) is 7.11 Å². The molecule has 2 N–H and O–H groups in total. The minimum atomic E-state index is -1.10. The molecule has 6 nitrogen and oxygen atoms in total. The molecule has 6 heteroatoms. The Morgan fingerprint density at radius 3 is 2.48 bits per heavy atom. The first-order chi connectivity index (χ1) is 11.0. The quantitative estimate of drug-likeness (QED) is 0.656. The standard InChI is InChI=1S/C17H16N2O4/c1-11-3-6-13(7-4-11)16(20)19-18-10-12-5-8-15(23-2)14(9-12)17(21)22/h3-10H,1-2H3,(H,19,20)(H,21,22)/b18-10-. The van der Waals surface area contributed by atoms with Crippen LogP contribution in [0, 0.1) is 6.92 Å². The van der Waals surface area contributed by atoms with Crippen molar-refractivity contribution in [1.82, 2.24) is 5.43 Å².